The molecule has 1 aromatic heterocycles. The molecule has 0 N–H and O–H groups in total. The maximum atomic E-state index is 14.3. The fourth-order valence-corrected chi connectivity index (χ4v) is 1.93. The Hall–Kier alpha value is -1.95. The van der Waals surface area contributed by atoms with Gasteiger partial charge in [0.25, 0.3) is 0 Å². The molecule has 104 valence electrons. The molecule has 6 heteroatoms. The Bertz CT molecular complexity index is 647. The van der Waals surface area contributed by atoms with Gasteiger partial charge in [-0.1, -0.05) is 15.9 Å². The molecule has 0 aliphatic heterocycles. The number of rotatable bonds is 4. The third kappa shape index (κ3) is 3.33. The summed E-state index contributed by atoms with van der Waals surface area (Å²) in [6, 6.07) is 5.03. The molecular weight excluding hydrogens is 327 g/mol. The summed E-state index contributed by atoms with van der Waals surface area (Å²) in [5, 5.41) is 0. The van der Waals surface area contributed by atoms with Crippen LogP contribution in [0.25, 0.3) is 6.08 Å². The highest BCUT2D eigenvalue weighted by molar-refractivity contribution is 9.10. The zero-order chi connectivity index (χ0) is 14.5. The fraction of sp³-hybridized carbons (Fsp3) is 0.143. The van der Waals surface area contributed by atoms with Crippen LogP contribution in [-0.4, -0.2) is 17.1 Å². The van der Waals surface area contributed by atoms with E-state index in [1.165, 1.54) is 25.5 Å². The Morgan fingerprint density at radius 2 is 2.10 bits per heavy atom. The van der Waals surface area contributed by atoms with Crippen molar-refractivity contribution in [2.75, 3.05) is 7.11 Å². The van der Waals surface area contributed by atoms with Gasteiger partial charge in [0.2, 0.25) is 0 Å². The molecule has 0 saturated carbocycles. The van der Waals surface area contributed by atoms with Crippen LogP contribution in [0.3, 0.4) is 0 Å². The predicted octanol–water partition coefficient (Wildman–Crippen LogP) is 4.10. The molecular formula is C14H12BrFN2O2. The topological polar surface area (TPSA) is 44.2 Å². The molecule has 0 saturated heterocycles. The van der Waals surface area contributed by atoms with Gasteiger partial charge >= 0.3 is 6.01 Å². The Morgan fingerprint density at radius 1 is 1.30 bits per heavy atom. The first kappa shape index (κ1) is 14.5. The van der Waals surface area contributed by atoms with Gasteiger partial charge in [-0.3, -0.25) is 0 Å². The highest BCUT2D eigenvalue weighted by atomic mass is 79.9. The molecule has 0 radical (unpaired) electrons. The summed E-state index contributed by atoms with van der Waals surface area (Å²) >= 11 is 3.27. The van der Waals surface area contributed by atoms with Gasteiger partial charge in [0, 0.05) is 21.9 Å². The van der Waals surface area contributed by atoms with Crippen molar-refractivity contribution in [1.82, 2.24) is 9.97 Å². The molecule has 0 spiro atoms. The fourth-order valence-electron chi connectivity index (χ4n) is 1.49. The van der Waals surface area contributed by atoms with E-state index in [0.29, 0.717) is 10.0 Å². The Labute approximate surface area is 124 Å². The second kappa shape index (κ2) is 6.47. The van der Waals surface area contributed by atoms with E-state index in [-0.39, 0.29) is 11.8 Å². The van der Waals surface area contributed by atoms with E-state index in [4.69, 9.17) is 9.47 Å². The van der Waals surface area contributed by atoms with E-state index in [9.17, 15) is 4.39 Å². The van der Waals surface area contributed by atoms with Crippen molar-refractivity contribution in [2.45, 2.75) is 6.92 Å². The lowest BCUT2D eigenvalue weighted by Gasteiger charge is -2.08. The van der Waals surface area contributed by atoms with Gasteiger partial charge in [-0.15, -0.1) is 0 Å². The summed E-state index contributed by atoms with van der Waals surface area (Å²) < 4.78 is 25.1. The summed E-state index contributed by atoms with van der Waals surface area (Å²) in [6.07, 6.45) is 4.44. The number of benzene rings is 1. The Morgan fingerprint density at radius 3 is 2.80 bits per heavy atom. The zero-order valence-corrected chi connectivity index (χ0v) is 12.5. The summed E-state index contributed by atoms with van der Waals surface area (Å²) in [5.74, 6) is -0.465. The quantitative estimate of drug-likeness (QED) is 0.787. The number of halogens is 2. The third-order valence-electron chi connectivity index (χ3n) is 2.44. The van der Waals surface area contributed by atoms with Gasteiger partial charge < -0.3 is 9.47 Å². The molecule has 1 heterocycles. The molecule has 0 amide bonds. The first-order chi connectivity index (χ1) is 9.61. The van der Waals surface area contributed by atoms with E-state index < -0.39 is 5.82 Å². The summed E-state index contributed by atoms with van der Waals surface area (Å²) in [6.45, 7) is 1.80. The highest BCUT2D eigenvalue weighted by Crippen LogP contribution is 2.30. The van der Waals surface area contributed by atoms with Crippen LogP contribution >= 0.6 is 15.9 Å². The van der Waals surface area contributed by atoms with Crippen LogP contribution in [0.1, 0.15) is 11.3 Å². The van der Waals surface area contributed by atoms with Gasteiger partial charge in [0.15, 0.2) is 11.6 Å². The minimum atomic E-state index is -0.516. The second-order valence-electron chi connectivity index (χ2n) is 3.89. The van der Waals surface area contributed by atoms with Crippen LogP contribution in [-0.2, 0) is 4.74 Å². The van der Waals surface area contributed by atoms with Crippen molar-refractivity contribution in [1.29, 1.82) is 0 Å². The number of aromatic nitrogens is 2. The van der Waals surface area contributed by atoms with Gasteiger partial charge in [0.05, 0.1) is 13.4 Å². The smallest absolute Gasteiger partial charge is 0.322 e. The van der Waals surface area contributed by atoms with Gasteiger partial charge in [-0.25, -0.2) is 14.4 Å². The molecule has 2 rings (SSSR count). The van der Waals surface area contributed by atoms with Gasteiger partial charge in [-0.2, -0.15) is 0 Å². The van der Waals surface area contributed by atoms with Crippen molar-refractivity contribution >= 4 is 22.0 Å². The normalized spacial score (nSPS) is 10.8. The zero-order valence-electron chi connectivity index (χ0n) is 10.9. The molecule has 0 unspecified atom stereocenters. The standard InChI is InChI=1S/C14H12BrFN2O2/c1-9-5-7-17-14(18-9)20-12-4-3-11(15)10(13(12)16)6-8-19-2/h3-8H,1-2H3/b8-6+. The predicted molar refractivity (Wildman–Crippen MR) is 77.0 cm³/mol. The number of nitrogens with zero attached hydrogens (tertiary/aromatic N) is 2. The van der Waals surface area contributed by atoms with Crippen molar-refractivity contribution in [3.8, 4) is 11.8 Å². The molecule has 1 aromatic carbocycles. The van der Waals surface area contributed by atoms with Crippen LogP contribution in [0.2, 0.25) is 0 Å². The molecule has 0 atom stereocenters. The number of methoxy groups -OCH3 is 1. The lowest BCUT2D eigenvalue weighted by atomic mass is 10.2. The number of ether oxygens (including phenoxy) is 2. The molecule has 20 heavy (non-hydrogen) atoms. The van der Waals surface area contributed by atoms with Crippen molar-refractivity contribution in [2.24, 2.45) is 0 Å². The first-order valence-electron chi connectivity index (χ1n) is 5.76. The third-order valence-corrected chi connectivity index (χ3v) is 3.13. The maximum Gasteiger partial charge on any atom is 0.322 e. The van der Waals surface area contributed by atoms with Crippen LogP contribution in [0, 0.1) is 12.7 Å². The largest absolute Gasteiger partial charge is 0.504 e. The highest BCUT2D eigenvalue weighted by Gasteiger charge is 2.13. The van der Waals surface area contributed by atoms with Crippen LogP contribution < -0.4 is 4.74 Å². The van der Waals surface area contributed by atoms with E-state index in [1.807, 2.05) is 0 Å². The summed E-state index contributed by atoms with van der Waals surface area (Å²) in [5.41, 5.74) is 1.07. The molecule has 0 fully saturated rings. The van der Waals surface area contributed by atoms with Crippen LogP contribution in [0.15, 0.2) is 35.1 Å². The van der Waals surface area contributed by atoms with E-state index in [0.717, 1.165) is 5.69 Å². The average molecular weight is 339 g/mol. The van der Waals surface area contributed by atoms with Crippen LogP contribution in [0.4, 0.5) is 4.39 Å². The SMILES string of the molecule is CO/C=C/c1c(Br)ccc(Oc2nccc(C)n2)c1F. The average Bonchev–Trinajstić information content (AvgIpc) is 2.42. The van der Waals surface area contributed by atoms with Crippen molar-refractivity contribution in [3.05, 3.63) is 52.2 Å². The van der Waals surface area contributed by atoms with Crippen molar-refractivity contribution < 1.29 is 13.9 Å². The van der Waals surface area contributed by atoms with E-state index in [1.54, 1.807) is 25.3 Å². The van der Waals surface area contributed by atoms with Crippen molar-refractivity contribution in [3.63, 3.8) is 0 Å². The Balaban J connectivity index is 2.35. The minimum Gasteiger partial charge on any atom is -0.504 e. The lowest BCUT2D eigenvalue weighted by Crippen LogP contribution is -1.96. The van der Waals surface area contributed by atoms with Crippen LogP contribution in [0.5, 0.6) is 11.8 Å². The molecule has 0 aliphatic carbocycles. The second-order valence-corrected chi connectivity index (χ2v) is 4.75. The summed E-state index contributed by atoms with van der Waals surface area (Å²) in [4.78, 5) is 8.01. The summed E-state index contributed by atoms with van der Waals surface area (Å²) in [7, 11) is 1.49. The molecule has 4 nitrogen and oxygen atoms in total. The maximum absolute atomic E-state index is 14.3. The number of hydrogen-bond donors (Lipinski definition) is 0. The first-order valence-corrected chi connectivity index (χ1v) is 6.56. The number of hydrogen-bond acceptors (Lipinski definition) is 4. The molecule has 2 aromatic rings. The van der Waals surface area contributed by atoms with Gasteiger partial charge in [-0.05, 0) is 31.2 Å². The molecule has 0 bridgehead atoms. The minimum absolute atomic E-state index is 0.0505. The molecule has 0 aliphatic rings. The monoisotopic (exact) mass is 338 g/mol. The van der Waals surface area contributed by atoms with Gasteiger partial charge in [0.1, 0.15) is 0 Å². The lowest BCUT2D eigenvalue weighted by molar-refractivity contribution is 0.341. The van der Waals surface area contributed by atoms with E-state index >= 15 is 0 Å². The van der Waals surface area contributed by atoms with E-state index in [2.05, 4.69) is 25.9 Å². The number of aryl methyl sites for hydroxylation is 1. The Kier molecular flexibility index (Phi) is 4.68.